The Morgan fingerprint density at radius 1 is 1.57 bits per heavy atom. The van der Waals surface area contributed by atoms with Crippen LogP contribution in [0.1, 0.15) is 32.6 Å². The Morgan fingerprint density at radius 2 is 2.29 bits per heavy atom. The van der Waals surface area contributed by atoms with Crippen LogP contribution in [0.4, 0.5) is 0 Å². The van der Waals surface area contributed by atoms with Gasteiger partial charge in [0, 0.05) is 13.2 Å². The fourth-order valence-corrected chi connectivity index (χ4v) is 1.64. The van der Waals surface area contributed by atoms with Crippen molar-refractivity contribution in [1.29, 1.82) is 0 Å². The quantitative estimate of drug-likeness (QED) is 0.603. The molecule has 0 radical (unpaired) electrons. The van der Waals surface area contributed by atoms with E-state index in [-0.39, 0.29) is 0 Å². The van der Waals surface area contributed by atoms with E-state index in [4.69, 9.17) is 9.84 Å². The standard InChI is InChI=1S/C10H19NO3/c1-2-14-8-4-7-11-10(9(12)13)5-3-6-10/h11H,2-8H2,1H3,(H,12,13). The zero-order valence-electron chi connectivity index (χ0n) is 8.71. The summed E-state index contributed by atoms with van der Waals surface area (Å²) in [5, 5.41) is 12.1. The molecule has 1 fully saturated rings. The molecular weight excluding hydrogens is 182 g/mol. The summed E-state index contributed by atoms with van der Waals surface area (Å²) in [6, 6.07) is 0. The van der Waals surface area contributed by atoms with Crippen molar-refractivity contribution in [2.45, 2.75) is 38.1 Å². The fraction of sp³-hybridized carbons (Fsp3) is 0.900. The van der Waals surface area contributed by atoms with E-state index in [2.05, 4.69) is 5.32 Å². The summed E-state index contributed by atoms with van der Waals surface area (Å²) in [5.74, 6) is -0.708. The van der Waals surface area contributed by atoms with Crippen LogP contribution in [0.5, 0.6) is 0 Å². The van der Waals surface area contributed by atoms with E-state index in [1.54, 1.807) is 0 Å². The van der Waals surface area contributed by atoms with E-state index in [0.29, 0.717) is 6.61 Å². The highest BCUT2D eigenvalue weighted by Crippen LogP contribution is 2.31. The molecule has 0 spiro atoms. The van der Waals surface area contributed by atoms with Crippen molar-refractivity contribution < 1.29 is 14.6 Å². The van der Waals surface area contributed by atoms with Crippen LogP contribution in [0.2, 0.25) is 0 Å². The van der Waals surface area contributed by atoms with E-state index < -0.39 is 11.5 Å². The summed E-state index contributed by atoms with van der Waals surface area (Å²) in [5.41, 5.74) is -0.619. The van der Waals surface area contributed by atoms with Gasteiger partial charge in [-0.1, -0.05) is 0 Å². The minimum absolute atomic E-state index is 0.619. The monoisotopic (exact) mass is 201 g/mol. The Labute approximate surface area is 84.6 Å². The lowest BCUT2D eigenvalue weighted by Crippen LogP contribution is -2.57. The second-order valence-electron chi connectivity index (χ2n) is 3.72. The minimum Gasteiger partial charge on any atom is -0.480 e. The number of rotatable bonds is 7. The van der Waals surface area contributed by atoms with Crippen LogP contribution in [-0.2, 0) is 9.53 Å². The van der Waals surface area contributed by atoms with Gasteiger partial charge in [-0.3, -0.25) is 4.79 Å². The van der Waals surface area contributed by atoms with Crippen molar-refractivity contribution in [1.82, 2.24) is 5.32 Å². The first kappa shape index (κ1) is 11.5. The molecule has 4 heteroatoms. The van der Waals surface area contributed by atoms with Crippen molar-refractivity contribution >= 4 is 5.97 Å². The van der Waals surface area contributed by atoms with Crippen molar-refractivity contribution in [3.05, 3.63) is 0 Å². The zero-order valence-corrected chi connectivity index (χ0v) is 8.71. The Kier molecular flexibility index (Phi) is 4.35. The SMILES string of the molecule is CCOCCCNC1(C(=O)O)CCC1. The van der Waals surface area contributed by atoms with E-state index in [1.165, 1.54) is 0 Å². The molecule has 0 aromatic carbocycles. The number of carboxylic acids is 1. The average molecular weight is 201 g/mol. The van der Waals surface area contributed by atoms with E-state index in [1.807, 2.05) is 6.92 Å². The fourth-order valence-electron chi connectivity index (χ4n) is 1.64. The highest BCUT2D eigenvalue weighted by atomic mass is 16.5. The van der Waals surface area contributed by atoms with Crippen molar-refractivity contribution in [2.24, 2.45) is 0 Å². The molecule has 0 aliphatic heterocycles. The number of carboxylic acid groups (broad SMARTS) is 1. The molecule has 0 saturated heterocycles. The third kappa shape index (κ3) is 2.69. The Bertz CT molecular complexity index is 190. The zero-order chi connectivity index (χ0) is 10.4. The molecule has 0 unspecified atom stereocenters. The number of nitrogens with one attached hydrogen (secondary N) is 1. The lowest BCUT2D eigenvalue weighted by molar-refractivity contribution is -0.148. The van der Waals surface area contributed by atoms with Gasteiger partial charge in [0.05, 0.1) is 0 Å². The van der Waals surface area contributed by atoms with Crippen LogP contribution >= 0.6 is 0 Å². The molecular formula is C10H19NO3. The van der Waals surface area contributed by atoms with Gasteiger partial charge in [-0.25, -0.2) is 0 Å². The first-order chi connectivity index (χ1) is 6.71. The summed E-state index contributed by atoms with van der Waals surface area (Å²) >= 11 is 0. The first-order valence-corrected chi connectivity index (χ1v) is 5.27. The van der Waals surface area contributed by atoms with Gasteiger partial charge in [-0.15, -0.1) is 0 Å². The van der Waals surface area contributed by atoms with Gasteiger partial charge in [-0.2, -0.15) is 0 Å². The Hall–Kier alpha value is -0.610. The molecule has 0 aromatic rings. The van der Waals surface area contributed by atoms with Crippen molar-refractivity contribution in [3.8, 4) is 0 Å². The van der Waals surface area contributed by atoms with Gasteiger partial charge >= 0.3 is 5.97 Å². The number of aliphatic carboxylic acids is 1. The molecule has 2 N–H and O–H groups in total. The predicted molar refractivity (Wildman–Crippen MR) is 53.3 cm³/mol. The minimum atomic E-state index is -0.708. The molecule has 0 amide bonds. The molecule has 4 nitrogen and oxygen atoms in total. The lowest BCUT2D eigenvalue weighted by atomic mass is 9.77. The second-order valence-corrected chi connectivity index (χ2v) is 3.72. The molecule has 1 aliphatic carbocycles. The topological polar surface area (TPSA) is 58.6 Å². The van der Waals surface area contributed by atoms with Crippen LogP contribution < -0.4 is 5.32 Å². The van der Waals surface area contributed by atoms with Gasteiger partial charge in [-0.05, 0) is 39.2 Å². The van der Waals surface area contributed by atoms with Gasteiger partial charge < -0.3 is 15.2 Å². The summed E-state index contributed by atoms with van der Waals surface area (Å²) in [6.07, 6.45) is 3.42. The molecule has 82 valence electrons. The normalized spacial score (nSPS) is 18.9. The largest absolute Gasteiger partial charge is 0.480 e. The van der Waals surface area contributed by atoms with Crippen LogP contribution in [-0.4, -0.2) is 36.4 Å². The number of hydrogen-bond donors (Lipinski definition) is 2. The maximum Gasteiger partial charge on any atom is 0.323 e. The van der Waals surface area contributed by atoms with Crippen LogP contribution in [0.3, 0.4) is 0 Å². The molecule has 14 heavy (non-hydrogen) atoms. The first-order valence-electron chi connectivity index (χ1n) is 5.27. The van der Waals surface area contributed by atoms with Crippen LogP contribution in [0, 0.1) is 0 Å². The van der Waals surface area contributed by atoms with E-state index in [9.17, 15) is 4.79 Å². The van der Waals surface area contributed by atoms with Crippen molar-refractivity contribution in [3.63, 3.8) is 0 Å². The summed E-state index contributed by atoms with van der Waals surface area (Å²) in [6.45, 7) is 4.12. The van der Waals surface area contributed by atoms with Crippen molar-refractivity contribution in [2.75, 3.05) is 19.8 Å². The summed E-state index contributed by atoms with van der Waals surface area (Å²) < 4.78 is 5.17. The second kappa shape index (κ2) is 5.32. The van der Waals surface area contributed by atoms with Gasteiger partial charge in [0.25, 0.3) is 0 Å². The molecule has 0 heterocycles. The molecule has 0 bridgehead atoms. The van der Waals surface area contributed by atoms with Crippen LogP contribution in [0.15, 0.2) is 0 Å². The third-order valence-corrected chi connectivity index (χ3v) is 2.75. The van der Waals surface area contributed by atoms with Crippen LogP contribution in [0.25, 0.3) is 0 Å². The number of ether oxygens (including phenoxy) is 1. The highest BCUT2D eigenvalue weighted by molar-refractivity contribution is 5.79. The van der Waals surface area contributed by atoms with E-state index in [0.717, 1.165) is 38.8 Å². The summed E-state index contributed by atoms with van der Waals surface area (Å²) in [7, 11) is 0. The molecule has 0 atom stereocenters. The highest BCUT2D eigenvalue weighted by Gasteiger charge is 2.43. The average Bonchev–Trinajstić information content (AvgIpc) is 2.07. The molecule has 1 aliphatic rings. The number of carbonyl (C=O) groups is 1. The predicted octanol–water partition coefficient (Wildman–Crippen LogP) is 1.01. The molecule has 0 aromatic heterocycles. The number of hydrogen-bond acceptors (Lipinski definition) is 3. The maximum absolute atomic E-state index is 10.9. The Morgan fingerprint density at radius 3 is 2.71 bits per heavy atom. The Balaban J connectivity index is 2.12. The molecule has 1 saturated carbocycles. The van der Waals surface area contributed by atoms with Gasteiger partial charge in [0.2, 0.25) is 0 Å². The maximum atomic E-state index is 10.9. The van der Waals surface area contributed by atoms with Gasteiger partial charge in [0.1, 0.15) is 5.54 Å². The smallest absolute Gasteiger partial charge is 0.323 e. The van der Waals surface area contributed by atoms with Gasteiger partial charge in [0.15, 0.2) is 0 Å². The third-order valence-electron chi connectivity index (χ3n) is 2.75. The van der Waals surface area contributed by atoms with E-state index >= 15 is 0 Å². The molecule has 1 rings (SSSR count). The summed E-state index contributed by atoms with van der Waals surface area (Å²) in [4.78, 5) is 10.9. The lowest BCUT2D eigenvalue weighted by Gasteiger charge is -2.38.